The van der Waals surface area contributed by atoms with Gasteiger partial charge in [0.15, 0.2) is 0 Å². The molecule has 1 aromatic carbocycles. The molecule has 1 atom stereocenters. The van der Waals surface area contributed by atoms with Crippen LogP contribution in [-0.2, 0) is 6.42 Å². The quantitative estimate of drug-likeness (QED) is 0.673. The highest BCUT2D eigenvalue weighted by Gasteiger charge is 2.30. The van der Waals surface area contributed by atoms with Gasteiger partial charge in [-0.15, -0.1) is 0 Å². The molecule has 1 aliphatic heterocycles. The molecule has 0 amide bonds. The number of anilines is 1. The van der Waals surface area contributed by atoms with E-state index in [2.05, 4.69) is 51.2 Å². The Balaban J connectivity index is 2.11. The van der Waals surface area contributed by atoms with Gasteiger partial charge in [0.2, 0.25) is 0 Å². The van der Waals surface area contributed by atoms with Crippen molar-refractivity contribution in [2.75, 3.05) is 11.9 Å². The van der Waals surface area contributed by atoms with Crippen LogP contribution in [0.1, 0.15) is 76.8 Å². The maximum absolute atomic E-state index is 3.57. The predicted molar refractivity (Wildman–Crippen MR) is 89.6 cm³/mol. The van der Waals surface area contributed by atoms with Crippen molar-refractivity contribution in [1.82, 2.24) is 0 Å². The molecule has 1 N–H and O–H groups in total. The molecule has 0 bridgehead atoms. The van der Waals surface area contributed by atoms with E-state index in [1.807, 2.05) is 0 Å². The Bertz CT molecular complexity index is 428. The molecule has 0 saturated heterocycles. The van der Waals surface area contributed by atoms with Crippen LogP contribution in [0.4, 0.5) is 5.69 Å². The summed E-state index contributed by atoms with van der Waals surface area (Å²) >= 11 is 0. The van der Waals surface area contributed by atoms with Crippen LogP contribution in [0, 0.1) is 5.41 Å². The second-order valence-corrected chi connectivity index (χ2v) is 7.37. The van der Waals surface area contributed by atoms with E-state index < -0.39 is 0 Å². The van der Waals surface area contributed by atoms with E-state index in [-0.39, 0.29) is 0 Å². The normalized spacial score (nSPS) is 18.5. The number of hydrogen-bond acceptors (Lipinski definition) is 1. The lowest BCUT2D eigenvalue weighted by molar-refractivity contribution is 0.305. The highest BCUT2D eigenvalue weighted by Crippen LogP contribution is 2.43. The van der Waals surface area contributed by atoms with Crippen LogP contribution in [0.5, 0.6) is 0 Å². The molecule has 112 valence electrons. The van der Waals surface area contributed by atoms with Crippen LogP contribution >= 0.6 is 0 Å². The zero-order chi connectivity index (χ0) is 14.6. The Kier molecular flexibility index (Phi) is 5.12. The maximum atomic E-state index is 3.57. The van der Waals surface area contributed by atoms with Crippen LogP contribution in [-0.4, -0.2) is 6.54 Å². The lowest BCUT2D eigenvalue weighted by atomic mass is 9.72. The second kappa shape index (κ2) is 6.65. The van der Waals surface area contributed by atoms with Crippen LogP contribution < -0.4 is 5.32 Å². The average molecular weight is 273 g/mol. The number of nitrogens with one attached hydrogen (secondary N) is 1. The molecule has 1 heteroatoms. The van der Waals surface area contributed by atoms with Gasteiger partial charge in [-0.25, -0.2) is 0 Å². The summed E-state index contributed by atoms with van der Waals surface area (Å²) in [6.07, 6.45) is 7.89. The number of benzene rings is 1. The molecule has 0 spiro atoms. The van der Waals surface area contributed by atoms with Crippen molar-refractivity contribution >= 4 is 5.69 Å². The third kappa shape index (κ3) is 3.77. The standard InChI is InChI=1S/C19H31N/c1-5-6-7-8-9-15-10-11-18-16(14-15)17(12-13-20-18)19(2,3)4/h10-11,14,17,20H,5-9,12-13H2,1-4H3. The van der Waals surface area contributed by atoms with E-state index in [9.17, 15) is 0 Å². The smallest absolute Gasteiger partial charge is 0.0375 e. The van der Waals surface area contributed by atoms with E-state index in [4.69, 9.17) is 0 Å². The molecule has 1 unspecified atom stereocenters. The first kappa shape index (κ1) is 15.4. The van der Waals surface area contributed by atoms with Crippen molar-refractivity contribution in [2.45, 2.75) is 72.1 Å². The Morgan fingerprint density at radius 3 is 2.65 bits per heavy atom. The fraction of sp³-hybridized carbons (Fsp3) is 0.684. The third-order valence-corrected chi connectivity index (χ3v) is 4.60. The first-order chi connectivity index (χ1) is 9.52. The molecular formula is C19H31N. The molecule has 0 radical (unpaired) electrons. The number of rotatable bonds is 5. The Morgan fingerprint density at radius 2 is 1.95 bits per heavy atom. The van der Waals surface area contributed by atoms with Crippen molar-refractivity contribution < 1.29 is 0 Å². The van der Waals surface area contributed by atoms with E-state index in [1.54, 1.807) is 5.56 Å². The first-order valence-electron chi connectivity index (χ1n) is 8.39. The fourth-order valence-corrected chi connectivity index (χ4v) is 3.38. The zero-order valence-corrected chi connectivity index (χ0v) is 13.8. The molecule has 0 saturated carbocycles. The molecule has 1 aliphatic rings. The molecule has 1 heterocycles. The molecule has 0 aliphatic carbocycles. The Labute approximate surface area is 125 Å². The number of hydrogen-bond donors (Lipinski definition) is 1. The molecule has 0 fully saturated rings. The monoisotopic (exact) mass is 273 g/mol. The molecule has 20 heavy (non-hydrogen) atoms. The van der Waals surface area contributed by atoms with E-state index in [0.29, 0.717) is 11.3 Å². The summed E-state index contributed by atoms with van der Waals surface area (Å²) in [5, 5.41) is 3.57. The van der Waals surface area contributed by atoms with E-state index >= 15 is 0 Å². The minimum atomic E-state index is 0.359. The van der Waals surface area contributed by atoms with Gasteiger partial charge in [0.1, 0.15) is 0 Å². The molecule has 1 nitrogen and oxygen atoms in total. The predicted octanol–water partition coefficient (Wildman–Crippen LogP) is 5.75. The topological polar surface area (TPSA) is 12.0 Å². The summed E-state index contributed by atoms with van der Waals surface area (Å²) in [6, 6.07) is 7.11. The summed E-state index contributed by atoms with van der Waals surface area (Å²) < 4.78 is 0. The number of aryl methyl sites for hydroxylation is 1. The van der Waals surface area contributed by atoms with Crippen molar-refractivity contribution in [2.24, 2.45) is 5.41 Å². The van der Waals surface area contributed by atoms with Crippen molar-refractivity contribution in [1.29, 1.82) is 0 Å². The Hall–Kier alpha value is -0.980. The van der Waals surface area contributed by atoms with Crippen molar-refractivity contribution in [3.63, 3.8) is 0 Å². The summed E-state index contributed by atoms with van der Waals surface area (Å²) in [5.41, 5.74) is 4.81. The summed E-state index contributed by atoms with van der Waals surface area (Å²) in [7, 11) is 0. The maximum Gasteiger partial charge on any atom is 0.0375 e. The number of fused-ring (bicyclic) bond motifs is 1. The summed E-state index contributed by atoms with van der Waals surface area (Å²) in [5.74, 6) is 0.689. The SMILES string of the molecule is CCCCCCc1ccc2c(c1)C(C(C)(C)C)CCN2. The highest BCUT2D eigenvalue weighted by molar-refractivity contribution is 5.56. The van der Waals surface area contributed by atoms with Crippen molar-refractivity contribution in [3.05, 3.63) is 29.3 Å². The molecule has 1 aromatic rings. The van der Waals surface area contributed by atoms with Gasteiger partial charge in [0.25, 0.3) is 0 Å². The summed E-state index contributed by atoms with van der Waals surface area (Å²) in [4.78, 5) is 0. The van der Waals surface area contributed by atoms with Gasteiger partial charge in [-0.2, -0.15) is 0 Å². The second-order valence-electron chi connectivity index (χ2n) is 7.37. The van der Waals surface area contributed by atoms with Crippen molar-refractivity contribution in [3.8, 4) is 0 Å². The zero-order valence-electron chi connectivity index (χ0n) is 13.8. The van der Waals surface area contributed by atoms with Gasteiger partial charge in [0.05, 0.1) is 0 Å². The van der Waals surface area contributed by atoms with Crippen LogP contribution in [0.3, 0.4) is 0 Å². The largest absolute Gasteiger partial charge is 0.385 e. The van der Waals surface area contributed by atoms with Gasteiger partial charge in [-0.1, -0.05) is 59.1 Å². The van der Waals surface area contributed by atoms with E-state index in [1.165, 1.54) is 49.8 Å². The van der Waals surface area contributed by atoms with Gasteiger partial charge < -0.3 is 5.32 Å². The lowest BCUT2D eigenvalue weighted by Crippen LogP contribution is -2.26. The number of unbranched alkanes of at least 4 members (excludes halogenated alkanes) is 3. The van der Waals surface area contributed by atoms with Crippen LogP contribution in [0.25, 0.3) is 0 Å². The third-order valence-electron chi connectivity index (χ3n) is 4.60. The van der Waals surface area contributed by atoms with Crippen LogP contribution in [0.15, 0.2) is 18.2 Å². The summed E-state index contributed by atoms with van der Waals surface area (Å²) in [6.45, 7) is 10.5. The van der Waals surface area contributed by atoms with Gasteiger partial charge in [-0.3, -0.25) is 0 Å². The fourth-order valence-electron chi connectivity index (χ4n) is 3.38. The highest BCUT2D eigenvalue weighted by atomic mass is 14.9. The van der Waals surface area contributed by atoms with Gasteiger partial charge >= 0.3 is 0 Å². The van der Waals surface area contributed by atoms with Gasteiger partial charge in [0, 0.05) is 12.2 Å². The molecular weight excluding hydrogens is 242 g/mol. The van der Waals surface area contributed by atoms with Crippen LogP contribution in [0.2, 0.25) is 0 Å². The minimum absolute atomic E-state index is 0.359. The minimum Gasteiger partial charge on any atom is -0.385 e. The lowest BCUT2D eigenvalue weighted by Gasteiger charge is -2.36. The average Bonchev–Trinajstić information content (AvgIpc) is 2.42. The molecule has 0 aromatic heterocycles. The molecule has 2 rings (SSSR count). The van der Waals surface area contributed by atoms with E-state index in [0.717, 1.165) is 6.54 Å². The Morgan fingerprint density at radius 1 is 1.15 bits per heavy atom. The van der Waals surface area contributed by atoms with Gasteiger partial charge in [-0.05, 0) is 47.8 Å². The first-order valence-corrected chi connectivity index (χ1v) is 8.39.